The second kappa shape index (κ2) is 7.03. The first-order valence-electron chi connectivity index (χ1n) is 9.08. The Morgan fingerprint density at radius 1 is 1.19 bits per heavy atom. The van der Waals surface area contributed by atoms with Gasteiger partial charge >= 0.3 is 0 Å². The Morgan fingerprint density at radius 3 is 2.81 bits per heavy atom. The van der Waals surface area contributed by atoms with E-state index >= 15 is 0 Å². The number of aromatic nitrogens is 2. The minimum absolute atomic E-state index is 0.144. The van der Waals surface area contributed by atoms with Crippen LogP contribution in [0.25, 0.3) is 0 Å². The zero-order valence-corrected chi connectivity index (χ0v) is 15.1. The molecule has 0 spiro atoms. The fraction of sp³-hybridized carbons (Fsp3) is 0.450. The number of aliphatic hydroxyl groups is 1. The van der Waals surface area contributed by atoms with E-state index in [1.807, 2.05) is 13.0 Å². The summed E-state index contributed by atoms with van der Waals surface area (Å²) in [4.78, 5) is 13.7. The summed E-state index contributed by atoms with van der Waals surface area (Å²) in [5.41, 5.74) is 3.73. The van der Waals surface area contributed by atoms with Crippen LogP contribution in [-0.4, -0.2) is 46.6 Å². The monoisotopic (exact) mass is 353 g/mol. The van der Waals surface area contributed by atoms with Gasteiger partial charge in [0.1, 0.15) is 5.69 Å². The molecule has 3 atom stereocenters. The predicted octanol–water partition coefficient (Wildman–Crippen LogP) is 2.73. The second-order valence-electron chi connectivity index (χ2n) is 6.73. The van der Waals surface area contributed by atoms with Gasteiger partial charge < -0.3 is 14.6 Å². The summed E-state index contributed by atoms with van der Waals surface area (Å²) in [7, 11) is 1.64. The van der Waals surface area contributed by atoms with E-state index < -0.39 is 0 Å². The van der Waals surface area contributed by atoms with Crippen molar-refractivity contribution in [3.63, 3.8) is 0 Å². The van der Waals surface area contributed by atoms with E-state index in [-0.39, 0.29) is 18.1 Å². The normalized spacial score (nSPS) is 24.3. The Balaban J connectivity index is 1.89. The number of hydrogen-bond donors (Lipinski definition) is 1. The van der Waals surface area contributed by atoms with Gasteiger partial charge in [0.15, 0.2) is 11.5 Å². The summed E-state index contributed by atoms with van der Waals surface area (Å²) in [5.74, 6) is 1.59. The Bertz CT molecular complexity index is 823. The maximum absolute atomic E-state index is 10.2. The van der Waals surface area contributed by atoms with Crippen LogP contribution >= 0.6 is 0 Å². The molecule has 26 heavy (non-hydrogen) atoms. The summed E-state index contributed by atoms with van der Waals surface area (Å²) in [6.07, 6.45) is 7.16. The van der Waals surface area contributed by atoms with Gasteiger partial charge in [-0.25, -0.2) is 0 Å². The summed E-state index contributed by atoms with van der Waals surface area (Å²) in [5, 5.41) is 10.2. The molecule has 4 rings (SSSR count). The Morgan fingerprint density at radius 2 is 2.08 bits per heavy atom. The number of aliphatic hydroxyl groups excluding tert-OH is 1. The fourth-order valence-corrected chi connectivity index (χ4v) is 4.00. The van der Waals surface area contributed by atoms with Crippen molar-refractivity contribution < 1.29 is 14.6 Å². The number of fused-ring (bicyclic) bond motifs is 3. The first-order valence-corrected chi connectivity index (χ1v) is 9.08. The van der Waals surface area contributed by atoms with Crippen LogP contribution in [0.15, 0.2) is 35.7 Å². The van der Waals surface area contributed by atoms with Gasteiger partial charge in [-0.1, -0.05) is 0 Å². The summed E-state index contributed by atoms with van der Waals surface area (Å²) < 4.78 is 11.3. The lowest BCUT2D eigenvalue weighted by molar-refractivity contribution is 0.111. The molecule has 6 nitrogen and oxygen atoms in total. The molecule has 1 aromatic heterocycles. The van der Waals surface area contributed by atoms with Crippen molar-refractivity contribution in [2.75, 3.05) is 13.7 Å². The molecular weight excluding hydrogens is 330 g/mol. The average Bonchev–Trinajstić information content (AvgIpc) is 2.68. The number of nitrogens with zero attached hydrogens (tertiary/aromatic N) is 3. The lowest BCUT2D eigenvalue weighted by atomic mass is 9.74. The zero-order chi connectivity index (χ0) is 18.1. The highest BCUT2D eigenvalue weighted by molar-refractivity contribution is 6.13. The molecule has 6 heteroatoms. The van der Waals surface area contributed by atoms with Gasteiger partial charge in [0.05, 0.1) is 37.8 Å². The standard InChI is InChI=1S/C20H23N3O3/c1-3-26-19-9-13-14-8-12(24)4-5-16(14)23-20(15(13)10-18(19)25-2)17-11-21-6-7-22-17/h6-7,9-12,14,16,24H,3-5,8H2,1-2H3. The molecule has 2 heterocycles. The second-order valence-corrected chi connectivity index (χ2v) is 6.73. The molecule has 2 aliphatic rings. The first-order chi connectivity index (χ1) is 12.7. The highest BCUT2D eigenvalue weighted by Gasteiger charge is 2.37. The maximum atomic E-state index is 10.2. The largest absolute Gasteiger partial charge is 0.493 e. The Kier molecular flexibility index (Phi) is 4.59. The van der Waals surface area contributed by atoms with Crippen molar-refractivity contribution in [1.29, 1.82) is 0 Å². The van der Waals surface area contributed by atoms with Gasteiger partial charge in [-0.05, 0) is 43.9 Å². The lowest BCUT2D eigenvalue weighted by Gasteiger charge is -2.37. The van der Waals surface area contributed by atoms with Gasteiger partial charge in [-0.2, -0.15) is 0 Å². The van der Waals surface area contributed by atoms with E-state index in [0.717, 1.165) is 41.1 Å². The van der Waals surface area contributed by atoms with E-state index in [4.69, 9.17) is 14.5 Å². The average molecular weight is 353 g/mol. The van der Waals surface area contributed by atoms with E-state index in [1.54, 1.807) is 25.7 Å². The van der Waals surface area contributed by atoms with Crippen LogP contribution < -0.4 is 9.47 Å². The lowest BCUT2D eigenvalue weighted by Crippen LogP contribution is -2.34. The molecular formula is C20H23N3O3. The molecule has 136 valence electrons. The van der Waals surface area contributed by atoms with E-state index in [2.05, 4.69) is 16.0 Å². The zero-order valence-electron chi connectivity index (χ0n) is 15.1. The van der Waals surface area contributed by atoms with Gasteiger partial charge in [-0.15, -0.1) is 0 Å². The van der Waals surface area contributed by atoms with Gasteiger partial charge in [0.2, 0.25) is 0 Å². The van der Waals surface area contributed by atoms with Gasteiger partial charge in [0, 0.05) is 23.9 Å². The molecule has 0 saturated heterocycles. The smallest absolute Gasteiger partial charge is 0.161 e. The highest BCUT2D eigenvalue weighted by atomic mass is 16.5. The summed E-state index contributed by atoms with van der Waals surface area (Å²) in [6, 6.07) is 4.18. The third-order valence-electron chi connectivity index (χ3n) is 5.18. The van der Waals surface area contributed by atoms with Gasteiger partial charge in [0.25, 0.3) is 0 Å². The molecule has 1 saturated carbocycles. The molecule has 0 amide bonds. The van der Waals surface area contributed by atoms with Crippen molar-refractivity contribution in [2.24, 2.45) is 4.99 Å². The van der Waals surface area contributed by atoms with Crippen LogP contribution in [0.4, 0.5) is 0 Å². The van der Waals surface area contributed by atoms with Crippen LogP contribution in [0.3, 0.4) is 0 Å². The van der Waals surface area contributed by atoms with Crippen LogP contribution in [0.5, 0.6) is 11.5 Å². The number of benzene rings is 1. The van der Waals surface area contributed by atoms with Crippen LogP contribution in [0.2, 0.25) is 0 Å². The highest BCUT2D eigenvalue weighted by Crippen LogP contribution is 2.44. The third kappa shape index (κ3) is 2.94. The van der Waals surface area contributed by atoms with Crippen molar-refractivity contribution in [1.82, 2.24) is 9.97 Å². The molecule has 1 aromatic carbocycles. The molecule has 2 aromatic rings. The molecule has 0 bridgehead atoms. The van der Waals surface area contributed by atoms with Crippen molar-refractivity contribution in [2.45, 2.75) is 44.2 Å². The molecule has 1 N–H and O–H groups in total. The quantitative estimate of drug-likeness (QED) is 0.914. The Hall–Kier alpha value is -2.47. The molecule has 1 aliphatic heterocycles. The number of hydrogen-bond acceptors (Lipinski definition) is 6. The van der Waals surface area contributed by atoms with E-state index in [1.165, 1.54) is 0 Å². The third-order valence-corrected chi connectivity index (χ3v) is 5.18. The number of aliphatic imine (C=N–C) groups is 1. The topological polar surface area (TPSA) is 76.8 Å². The molecule has 1 fully saturated rings. The number of rotatable bonds is 4. The molecule has 3 unspecified atom stereocenters. The van der Waals surface area contributed by atoms with Crippen molar-refractivity contribution in [3.05, 3.63) is 47.5 Å². The van der Waals surface area contributed by atoms with Crippen LogP contribution in [0.1, 0.15) is 48.9 Å². The van der Waals surface area contributed by atoms with Gasteiger partial charge in [-0.3, -0.25) is 15.0 Å². The van der Waals surface area contributed by atoms with Crippen LogP contribution in [0, 0.1) is 0 Å². The van der Waals surface area contributed by atoms with E-state index in [9.17, 15) is 5.11 Å². The summed E-state index contributed by atoms with van der Waals surface area (Å²) >= 11 is 0. The van der Waals surface area contributed by atoms with E-state index in [0.29, 0.717) is 18.8 Å². The van der Waals surface area contributed by atoms with Crippen LogP contribution in [-0.2, 0) is 0 Å². The predicted molar refractivity (Wildman–Crippen MR) is 98.2 cm³/mol. The fourth-order valence-electron chi connectivity index (χ4n) is 4.00. The SMILES string of the molecule is CCOc1cc2c(cc1OC)C(c1cnccn1)=NC1CCC(O)CC21. The number of methoxy groups -OCH3 is 1. The van der Waals surface area contributed by atoms with Crippen molar-refractivity contribution in [3.8, 4) is 11.5 Å². The van der Waals surface area contributed by atoms with Crippen molar-refractivity contribution >= 4 is 5.71 Å². The molecule has 1 aliphatic carbocycles. The first kappa shape index (κ1) is 17.0. The maximum Gasteiger partial charge on any atom is 0.161 e. The summed E-state index contributed by atoms with van der Waals surface area (Å²) in [6.45, 7) is 2.52. The minimum Gasteiger partial charge on any atom is -0.493 e. The number of ether oxygens (including phenoxy) is 2. The minimum atomic E-state index is -0.282. The molecule has 0 radical (unpaired) electrons. The Labute approximate surface area is 152 Å².